The zero-order valence-corrected chi connectivity index (χ0v) is 11.8. The number of anilines is 1. The molecule has 1 aromatic heterocycles. The number of hydrogen-bond donors (Lipinski definition) is 3. The monoisotopic (exact) mass is 298 g/mol. The highest BCUT2D eigenvalue weighted by molar-refractivity contribution is 7.89. The summed E-state index contributed by atoms with van der Waals surface area (Å²) in [5.41, 5.74) is 5.44. The molecule has 1 heterocycles. The fourth-order valence-electron chi connectivity index (χ4n) is 1.79. The average molecular weight is 298 g/mol. The lowest BCUT2D eigenvalue weighted by molar-refractivity contribution is 0.560. The van der Waals surface area contributed by atoms with Crippen molar-refractivity contribution in [2.24, 2.45) is 0 Å². The van der Waals surface area contributed by atoms with Crippen LogP contribution in [0.1, 0.15) is 24.4 Å². The van der Waals surface area contributed by atoms with E-state index in [0.717, 1.165) is 6.07 Å². The first kappa shape index (κ1) is 14.5. The maximum atomic E-state index is 13.4. The molecule has 1 unspecified atom stereocenters. The normalized spacial score (nSPS) is 13.3. The number of halogens is 1. The smallest absolute Gasteiger partial charge is 0.241 e. The molecule has 108 valence electrons. The van der Waals surface area contributed by atoms with Crippen molar-refractivity contribution < 1.29 is 12.8 Å². The molecule has 0 spiro atoms. The topological polar surface area (TPSA) is 101 Å². The van der Waals surface area contributed by atoms with Crippen LogP contribution in [0.15, 0.2) is 29.4 Å². The molecule has 1 atom stereocenters. The van der Waals surface area contributed by atoms with Gasteiger partial charge >= 0.3 is 0 Å². The number of hydrogen-bond acceptors (Lipinski definition) is 4. The number of rotatable bonds is 4. The van der Waals surface area contributed by atoms with Gasteiger partial charge in [0.15, 0.2) is 0 Å². The fourth-order valence-corrected chi connectivity index (χ4v) is 3.12. The molecule has 0 aliphatic heterocycles. The van der Waals surface area contributed by atoms with Crippen LogP contribution >= 0.6 is 0 Å². The molecule has 2 aromatic rings. The second-order valence-electron chi connectivity index (χ2n) is 4.46. The van der Waals surface area contributed by atoms with Crippen LogP contribution in [-0.4, -0.2) is 18.4 Å². The molecule has 0 aliphatic carbocycles. The van der Waals surface area contributed by atoms with Gasteiger partial charge in [0.05, 0.1) is 16.6 Å². The van der Waals surface area contributed by atoms with E-state index in [9.17, 15) is 12.8 Å². The number of aromatic nitrogens is 2. The van der Waals surface area contributed by atoms with Crippen molar-refractivity contribution in [3.05, 3.63) is 41.7 Å². The molecule has 0 amide bonds. The number of nitrogens with two attached hydrogens (primary N) is 1. The van der Waals surface area contributed by atoms with E-state index in [1.54, 1.807) is 13.1 Å². The van der Waals surface area contributed by atoms with Gasteiger partial charge in [-0.1, -0.05) is 0 Å². The van der Waals surface area contributed by atoms with Crippen molar-refractivity contribution >= 4 is 15.7 Å². The van der Waals surface area contributed by atoms with Gasteiger partial charge in [0.25, 0.3) is 0 Å². The van der Waals surface area contributed by atoms with E-state index in [1.165, 1.54) is 19.2 Å². The Kier molecular flexibility index (Phi) is 3.78. The number of aromatic amines is 1. The van der Waals surface area contributed by atoms with Crippen LogP contribution < -0.4 is 10.5 Å². The van der Waals surface area contributed by atoms with Gasteiger partial charge in [0.2, 0.25) is 10.0 Å². The lowest BCUT2D eigenvalue weighted by atomic mass is 10.2. The summed E-state index contributed by atoms with van der Waals surface area (Å²) in [6, 6.07) is 1.80. The van der Waals surface area contributed by atoms with Crippen molar-refractivity contribution in [3.8, 4) is 0 Å². The summed E-state index contributed by atoms with van der Waals surface area (Å²) >= 11 is 0. The van der Waals surface area contributed by atoms with Crippen LogP contribution in [0.2, 0.25) is 0 Å². The van der Waals surface area contributed by atoms with Crippen LogP contribution in [0.4, 0.5) is 10.1 Å². The standard InChI is InChI=1S/C12H15FN4O2S/c1-7-5-9(6-10(14)11(7)13)20(18,19)17-8(2)12-15-3-4-16-12/h3-6,8,17H,14H2,1-2H3,(H,15,16). The Morgan fingerprint density at radius 2 is 2.15 bits per heavy atom. The van der Waals surface area contributed by atoms with Gasteiger partial charge in [0.1, 0.15) is 11.6 Å². The Morgan fingerprint density at radius 3 is 2.70 bits per heavy atom. The Balaban J connectivity index is 2.31. The fraction of sp³-hybridized carbons (Fsp3) is 0.250. The molecule has 20 heavy (non-hydrogen) atoms. The first-order valence-electron chi connectivity index (χ1n) is 5.88. The lowest BCUT2D eigenvalue weighted by Crippen LogP contribution is -2.27. The van der Waals surface area contributed by atoms with E-state index < -0.39 is 21.9 Å². The summed E-state index contributed by atoms with van der Waals surface area (Å²) in [7, 11) is -3.80. The summed E-state index contributed by atoms with van der Waals surface area (Å²) in [5, 5.41) is 0. The minimum atomic E-state index is -3.80. The molecule has 8 heteroatoms. The summed E-state index contributed by atoms with van der Waals surface area (Å²) < 4.78 is 40.3. The molecule has 0 fully saturated rings. The summed E-state index contributed by atoms with van der Waals surface area (Å²) in [6.45, 7) is 3.11. The van der Waals surface area contributed by atoms with Crippen LogP contribution in [0, 0.1) is 12.7 Å². The van der Waals surface area contributed by atoms with Crippen LogP contribution in [0.5, 0.6) is 0 Å². The predicted octanol–water partition coefficient (Wildman–Crippen LogP) is 1.48. The third kappa shape index (κ3) is 2.81. The molecule has 0 saturated heterocycles. The molecule has 0 bridgehead atoms. The third-order valence-electron chi connectivity index (χ3n) is 2.83. The van der Waals surface area contributed by atoms with Gasteiger partial charge in [-0.3, -0.25) is 0 Å². The summed E-state index contributed by atoms with van der Waals surface area (Å²) in [4.78, 5) is 6.72. The number of H-pyrrole nitrogens is 1. The van der Waals surface area contributed by atoms with Gasteiger partial charge in [0, 0.05) is 12.4 Å². The third-order valence-corrected chi connectivity index (χ3v) is 4.35. The van der Waals surface area contributed by atoms with Crippen molar-refractivity contribution in [2.45, 2.75) is 24.8 Å². The van der Waals surface area contributed by atoms with Crippen LogP contribution in [0.25, 0.3) is 0 Å². The molecule has 1 aromatic carbocycles. The molecular weight excluding hydrogens is 283 g/mol. The number of sulfonamides is 1. The zero-order chi connectivity index (χ0) is 14.9. The largest absolute Gasteiger partial charge is 0.396 e. The minimum absolute atomic E-state index is 0.0766. The summed E-state index contributed by atoms with van der Waals surface area (Å²) in [5.74, 6) is -0.122. The van der Waals surface area contributed by atoms with E-state index in [0.29, 0.717) is 5.82 Å². The van der Waals surface area contributed by atoms with Crippen LogP contribution in [0.3, 0.4) is 0 Å². The van der Waals surface area contributed by atoms with Gasteiger partial charge in [-0.15, -0.1) is 0 Å². The van der Waals surface area contributed by atoms with Gasteiger partial charge in [-0.05, 0) is 31.5 Å². The molecule has 4 N–H and O–H groups in total. The van der Waals surface area contributed by atoms with E-state index in [4.69, 9.17) is 5.73 Å². The van der Waals surface area contributed by atoms with Gasteiger partial charge in [-0.25, -0.2) is 22.5 Å². The number of nitrogen functional groups attached to an aromatic ring is 1. The Hall–Kier alpha value is -1.93. The van der Waals surface area contributed by atoms with Gasteiger partial charge in [-0.2, -0.15) is 0 Å². The second-order valence-corrected chi connectivity index (χ2v) is 6.17. The molecule has 2 rings (SSSR count). The van der Waals surface area contributed by atoms with E-state index in [2.05, 4.69) is 14.7 Å². The molecule has 0 radical (unpaired) electrons. The Morgan fingerprint density at radius 1 is 1.45 bits per heavy atom. The second kappa shape index (κ2) is 5.22. The minimum Gasteiger partial charge on any atom is -0.396 e. The molecular formula is C12H15FN4O2S. The average Bonchev–Trinajstić information content (AvgIpc) is 2.88. The molecule has 0 saturated carbocycles. The first-order chi connectivity index (χ1) is 9.31. The number of benzene rings is 1. The number of aryl methyl sites for hydroxylation is 1. The van der Waals surface area contributed by atoms with E-state index >= 15 is 0 Å². The number of imidazole rings is 1. The summed E-state index contributed by atoms with van der Waals surface area (Å²) in [6.07, 6.45) is 3.13. The highest BCUT2D eigenvalue weighted by Gasteiger charge is 2.21. The number of nitrogens with one attached hydrogen (secondary N) is 2. The maximum Gasteiger partial charge on any atom is 0.241 e. The Bertz CT molecular complexity index is 690. The highest BCUT2D eigenvalue weighted by Crippen LogP contribution is 2.22. The van der Waals surface area contributed by atoms with E-state index in [1.807, 2.05) is 0 Å². The van der Waals surface area contributed by atoms with E-state index in [-0.39, 0.29) is 16.1 Å². The first-order valence-corrected chi connectivity index (χ1v) is 7.37. The zero-order valence-electron chi connectivity index (χ0n) is 11.0. The number of nitrogens with zero attached hydrogens (tertiary/aromatic N) is 1. The maximum absolute atomic E-state index is 13.4. The van der Waals surface area contributed by atoms with Crippen molar-refractivity contribution in [3.63, 3.8) is 0 Å². The van der Waals surface area contributed by atoms with Crippen molar-refractivity contribution in [2.75, 3.05) is 5.73 Å². The molecule has 0 aliphatic rings. The highest BCUT2D eigenvalue weighted by atomic mass is 32.2. The Labute approximate surface area is 116 Å². The van der Waals surface area contributed by atoms with Gasteiger partial charge < -0.3 is 10.7 Å². The quantitative estimate of drug-likeness (QED) is 0.744. The predicted molar refractivity (Wildman–Crippen MR) is 72.9 cm³/mol. The van der Waals surface area contributed by atoms with Crippen molar-refractivity contribution in [1.29, 1.82) is 0 Å². The molecule has 6 nitrogen and oxygen atoms in total. The van der Waals surface area contributed by atoms with Crippen LogP contribution in [-0.2, 0) is 10.0 Å². The lowest BCUT2D eigenvalue weighted by Gasteiger charge is -2.13. The van der Waals surface area contributed by atoms with Crippen molar-refractivity contribution in [1.82, 2.24) is 14.7 Å². The SMILES string of the molecule is Cc1cc(S(=O)(=O)NC(C)c2ncc[nH]2)cc(N)c1F.